The number of anilines is 1. The maximum absolute atomic E-state index is 11.6. The van der Waals surface area contributed by atoms with Gasteiger partial charge in [-0.3, -0.25) is 4.79 Å². The molecule has 20 heavy (non-hydrogen) atoms. The van der Waals surface area contributed by atoms with Gasteiger partial charge in [-0.2, -0.15) is 0 Å². The molecule has 1 aromatic rings. The van der Waals surface area contributed by atoms with Gasteiger partial charge in [0, 0.05) is 30.9 Å². The number of amides is 1. The normalized spacial score (nSPS) is 10.7. The highest BCUT2D eigenvalue weighted by atomic mass is 16.1. The highest BCUT2D eigenvalue weighted by Crippen LogP contribution is 2.04. The molecule has 0 aliphatic rings. The van der Waals surface area contributed by atoms with Crippen molar-refractivity contribution >= 4 is 11.9 Å². The zero-order valence-electron chi connectivity index (χ0n) is 13.0. The molecular weight excluding hydrogens is 252 g/mol. The minimum Gasteiger partial charge on any atom is -0.356 e. The van der Waals surface area contributed by atoms with Gasteiger partial charge in [0.15, 0.2) is 0 Å². The van der Waals surface area contributed by atoms with Crippen molar-refractivity contribution in [1.29, 1.82) is 0 Å². The van der Waals surface area contributed by atoms with E-state index in [0.717, 1.165) is 30.8 Å². The van der Waals surface area contributed by atoms with Crippen molar-refractivity contribution in [2.45, 2.75) is 47.0 Å². The molecule has 0 spiro atoms. The number of nitrogens with zero attached hydrogens (tertiary/aromatic N) is 2. The summed E-state index contributed by atoms with van der Waals surface area (Å²) in [5.41, 5.74) is 1.90. The van der Waals surface area contributed by atoms with E-state index in [1.807, 2.05) is 19.9 Å². The molecule has 1 aromatic heterocycles. The van der Waals surface area contributed by atoms with Crippen molar-refractivity contribution in [3.8, 4) is 0 Å². The SMILES string of the molecule is Cc1cc(C)nc(NCCCC(=O)NCCC(C)C)n1. The predicted octanol–water partition coefficient (Wildman–Crippen LogP) is 2.45. The van der Waals surface area contributed by atoms with Gasteiger partial charge in [-0.1, -0.05) is 13.8 Å². The van der Waals surface area contributed by atoms with E-state index in [-0.39, 0.29) is 5.91 Å². The highest BCUT2D eigenvalue weighted by Gasteiger charge is 2.02. The maximum Gasteiger partial charge on any atom is 0.223 e. The number of rotatable bonds is 8. The second-order valence-corrected chi connectivity index (χ2v) is 5.54. The molecule has 112 valence electrons. The minimum atomic E-state index is 0.119. The monoisotopic (exact) mass is 278 g/mol. The molecule has 0 atom stereocenters. The standard InChI is InChI=1S/C15H26N4O/c1-11(2)7-9-16-14(20)6-5-8-17-15-18-12(3)10-13(4)19-15/h10-11H,5-9H2,1-4H3,(H,16,20)(H,17,18,19). The van der Waals surface area contributed by atoms with Crippen molar-refractivity contribution in [2.75, 3.05) is 18.4 Å². The third-order valence-electron chi connectivity index (χ3n) is 2.89. The Morgan fingerprint density at radius 2 is 1.85 bits per heavy atom. The van der Waals surface area contributed by atoms with E-state index in [4.69, 9.17) is 0 Å². The second-order valence-electron chi connectivity index (χ2n) is 5.54. The van der Waals surface area contributed by atoms with Crippen LogP contribution in [0.25, 0.3) is 0 Å². The van der Waals surface area contributed by atoms with Crippen LogP contribution >= 0.6 is 0 Å². The first-order chi connectivity index (χ1) is 9.47. The molecule has 0 radical (unpaired) electrons. The topological polar surface area (TPSA) is 66.9 Å². The summed E-state index contributed by atoms with van der Waals surface area (Å²) in [7, 11) is 0. The molecule has 0 unspecified atom stereocenters. The molecular formula is C15H26N4O. The fraction of sp³-hybridized carbons (Fsp3) is 0.667. The zero-order chi connectivity index (χ0) is 15.0. The van der Waals surface area contributed by atoms with Crippen LogP contribution in [-0.4, -0.2) is 29.0 Å². The van der Waals surface area contributed by atoms with Gasteiger partial charge in [0.05, 0.1) is 0 Å². The molecule has 0 fully saturated rings. The summed E-state index contributed by atoms with van der Waals surface area (Å²) in [5, 5.41) is 6.09. The molecule has 5 nitrogen and oxygen atoms in total. The number of nitrogens with one attached hydrogen (secondary N) is 2. The van der Waals surface area contributed by atoms with Crippen molar-refractivity contribution in [2.24, 2.45) is 5.92 Å². The Morgan fingerprint density at radius 3 is 2.45 bits per heavy atom. The van der Waals surface area contributed by atoms with Gasteiger partial charge < -0.3 is 10.6 Å². The maximum atomic E-state index is 11.6. The van der Waals surface area contributed by atoms with Crippen LogP contribution in [0.4, 0.5) is 5.95 Å². The molecule has 1 rings (SSSR count). The molecule has 1 heterocycles. The number of carbonyl (C=O) groups excluding carboxylic acids is 1. The van der Waals surface area contributed by atoms with E-state index in [1.54, 1.807) is 0 Å². The van der Waals surface area contributed by atoms with Gasteiger partial charge in [0.2, 0.25) is 11.9 Å². The Bertz CT molecular complexity index is 412. The van der Waals surface area contributed by atoms with Crippen LogP contribution in [0.2, 0.25) is 0 Å². The number of carbonyl (C=O) groups is 1. The first-order valence-electron chi connectivity index (χ1n) is 7.30. The lowest BCUT2D eigenvalue weighted by molar-refractivity contribution is -0.121. The van der Waals surface area contributed by atoms with Crippen LogP contribution < -0.4 is 10.6 Å². The Morgan fingerprint density at radius 1 is 1.20 bits per heavy atom. The van der Waals surface area contributed by atoms with Gasteiger partial charge in [-0.05, 0) is 38.7 Å². The Kier molecular flexibility index (Phi) is 6.98. The molecule has 0 saturated heterocycles. The number of aromatic nitrogens is 2. The summed E-state index contributed by atoms with van der Waals surface area (Å²) in [5.74, 6) is 1.38. The smallest absolute Gasteiger partial charge is 0.223 e. The molecule has 0 bridgehead atoms. The quantitative estimate of drug-likeness (QED) is 0.717. The molecule has 2 N–H and O–H groups in total. The summed E-state index contributed by atoms with van der Waals surface area (Å²) in [4.78, 5) is 20.2. The summed E-state index contributed by atoms with van der Waals surface area (Å²) < 4.78 is 0. The van der Waals surface area contributed by atoms with Crippen LogP contribution in [0.15, 0.2) is 6.07 Å². The van der Waals surface area contributed by atoms with Crippen molar-refractivity contribution in [3.63, 3.8) is 0 Å². The van der Waals surface area contributed by atoms with Crippen LogP contribution in [0.5, 0.6) is 0 Å². The van der Waals surface area contributed by atoms with Gasteiger partial charge in [-0.25, -0.2) is 9.97 Å². The average Bonchev–Trinajstić information content (AvgIpc) is 2.33. The van der Waals surface area contributed by atoms with Crippen LogP contribution in [0, 0.1) is 19.8 Å². The lowest BCUT2D eigenvalue weighted by atomic mass is 10.1. The average molecular weight is 278 g/mol. The van der Waals surface area contributed by atoms with E-state index in [9.17, 15) is 4.79 Å². The molecule has 0 aromatic carbocycles. The van der Waals surface area contributed by atoms with Crippen LogP contribution in [-0.2, 0) is 4.79 Å². The van der Waals surface area contributed by atoms with Crippen LogP contribution in [0.3, 0.4) is 0 Å². The van der Waals surface area contributed by atoms with Crippen molar-refractivity contribution in [1.82, 2.24) is 15.3 Å². The molecule has 0 saturated carbocycles. The van der Waals surface area contributed by atoms with Gasteiger partial charge in [0.1, 0.15) is 0 Å². The van der Waals surface area contributed by atoms with E-state index >= 15 is 0 Å². The Hall–Kier alpha value is -1.65. The molecule has 0 aliphatic carbocycles. The summed E-state index contributed by atoms with van der Waals surface area (Å²) in [6, 6.07) is 1.94. The molecule has 0 aliphatic heterocycles. The van der Waals surface area contributed by atoms with Crippen molar-refractivity contribution < 1.29 is 4.79 Å². The van der Waals surface area contributed by atoms with Crippen LogP contribution in [0.1, 0.15) is 44.5 Å². The fourth-order valence-corrected chi connectivity index (χ4v) is 1.84. The molecule has 1 amide bonds. The van der Waals surface area contributed by atoms with E-state index < -0.39 is 0 Å². The first-order valence-corrected chi connectivity index (χ1v) is 7.30. The van der Waals surface area contributed by atoms with Gasteiger partial charge in [-0.15, -0.1) is 0 Å². The number of hydrogen-bond donors (Lipinski definition) is 2. The second kappa shape index (κ2) is 8.51. The summed E-state index contributed by atoms with van der Waals surface area (Å²) in [6.45, 7) is 9.68. The lowest BCUT2D eigenvalue weighted by Crippen LogP contribution is -2.25. The Balaban J connectivity index is 2.16. The zero-order valence-corrected chi connectivity index (χ0v) is 13.0. The van der Waals surface area contributed by atoms with E-state index in [0.29, 0.717) is 24.8 Å². The predicted molar refractivity (Wildman–Crippen MR) is 81.7 cm³/mol. The largest absolute Gasteiger partial charge is 0.356 e. The molecule has 5 heteroatoms. The van der Waals surface area contributed by atoms with E-state index in [1.165, 1.54) is 0 Å². The fourth-order valence-electron chi connectivity index (χ4n) is 1.84. The van der Waals surface area contributed by atoms with E-state index in [2.05, 4.69) is 34.4 Å². The highest BCUT2D eigenvalue weighted by molar-refractivity contribution is 5.75. The number of aryl methyl sites for hydroxylation is 2. The lowest BCUT2D eigenvalue weighted by Gasteiger charge is -2.08. The third kappa shape index (κ3) is 7.07. The summed E-state index contributed by atoms with van der Waals surface area (Å²) >= 11 is 0. The first kappa shape index (κ1) is 16.4. The summed E-state index contributed by atoms with van der Waals surface area (Å²) in [6.07, 6.45) is 2.35. The number of hydrogen-bond acceptors (Lipinski definition) is 4. The van der Waals surface area contributed by atoms with Gasteiger partial charge >= 0.3 is 0 Å². The Labute approximate surface area is 121 Å². The van der Waals surface area contributed by atoms with Crippen molar-refractivity contribution in [3.05, 3.63) is 17.5 Å². The minimum absolute atomic E-state index is 0.119. The third-order valence-corrected chi connectivity index (χ3v) is 2.89. The van der Waals surface area contributed by atoms with Gasteiger partial charge in [0.25, 0.3) is 0 Å².